The van der Waals surface area contributed by atoms with E-state index in [0.717, 1.165) is 11.1 Å². The Labute approximate surface area is 243 Å². The van der Waals surface area contributed by atoms with E-state index in [4.69, 9.17) is 8.92 Å². The highest BCUT2D eigenvalue weighted by molar-refractivity contribution is 7.86. The first-order chi connectivity index (χ1) is 19.2. The predicted octanol–water partition coefficient (Wildman–Crippen LogP) is 3.36. The van der Waals surface area contributed by atoms with E-state index >= 15 is 0 Å². The number of carbonyl (C=O) groups excluding carboxylic acids is 3. The predicted molar refractivity (Wildman–Crippen MR) is 158 cm³/mol. The maximum Gasteiger partial charge on any atom is 0.408 e. The first kappa shape index (κ1) is 33.8. The summed E-state index contributed by atoms with van der Waals surface area (Å²) in [5.74, 6) is -1.20. The van der Waals surface area contributed by atoms with Crippen LogP contribution in [0, 0.1) is 5.92 Å². The molecule has 11 heteroatoms. The smallest absolute Gasteiger partial charge is 0.408 e. The number of hydrogen-bond acceptors (Lipinski definition) is 7. The highest BCUT2D eigenvalue weighted by atomic mass is 32.2. The van der Waals surface area contributed by atoms with Crippen molar-refractivity contribution in [3.63, 3.8) is 0 Å². The third-order valence-electron chi connectivity index (χ3n) is 5.66. The van der Waals surface area contributed by atoms with Crippen molar-refractivity contribution < 1.29 is 31.7 Å². The minimum atomic E-state index is -3.70. The summed E-state index contributed by atoms with van der Waals surface area (Å²) in [4.78, 5) is 39.2. The molecule has 0 aliphatic carbocycles. The van der Waals surface area contributed by atoms with Gasteiger partial charge in [0.1, 0.15) is 17.7 Å². The van der Waals surface area contributed by atoms with Crippen molar-refractivity contribution in [2.24, 2.45) is 5.92 Å². The van der Waals surface area contributed by atoms with Gasteiger partial charge in [-0.05, 0) is 44.2 Å². The molecule has 0 saturated carbocycles. The number of ether oxygens (including phenoxy) is 1. The minimum absolute atomic E-state index is 0.0716. The number of carbonyl (C=O) groups is 3. The fourth-order valence-corrected chi connectivity index (χ4v) is 4.82. The molecule has 2 aromatic carbocycles. The topological polar surface area (TPSA) is 140 Å². The zero-order chi connectivity index (χ0) is 30.5. The van der Waals surface area contributed by atoms with Crippen molar-refractivity contribution in [3.8, 4) is 0 Å². The zero-order valence-corrected chi connectivity index (χ0v) is 25.3. The minimum Gasteiger partial charge on any atom is -0.444 e. The molecule has 10 nitrogen and oxygen atoms in total. The fraction of sp³-hybridized carbons (Fsp3) is 0.500. The molecule has 3 N–H and O–H groups in total. The maximum atomic E-state index is 13.5. The van der Waals surface area contributed by atoms with Gasteiger partial charge < -0.3 is 20.7 Å². The number of alkyl carbamates (subject to hydrolysis) is 1. The van der Waals surface area contributed by atoms with Crippen LogP contribution < -0.4 is 16.0 Å². The molecule has 0 saturated heterocycles. The lowest BCUT2D eigenvalue weighted by Crippen LogP contribution is -2.55. The Kier molecular flexibility index (Phi) is 13.3. The van der Waals surface area contributed by atoms with Crippen LogP contribution in [0.2, 0.25) is 0 Å². The summed E-state index contributed by atoms with van der Waals surface area (Å²) < 4.78 is 34.5. The average molecular weight is 590 g/mol. The molecule has 0 aliphatic rings. The zero-order valence-electron chi connectivity index (χ0n) is 24.5. The quantitative estimate of drug-likeness (QED) is 0.214. The lowest BCUT2D eigenvalue weighted by atomic mass is 10.0. The molecule has 2 rings (SSSR count). The fourth-order valence-electron chi connectivity index (χ4n) is 3.72. The lowest BCUT2D eigenvalue weighted by Gasteiger charge is -2.25. The monoisotopic (exact) mass is 589 g/mol. The van der Waals surface area contributed by atoms with E-state index in [0.29, 0.717) is 0 Å². The third-order valence-corrected chi connectivity index (χ3v) is 6.94. The number of rotatable bonds is 15. The average Bonchev–Trinajstić information content (AvgIpc) is 2.89. The largest absolute Gasteiger partial charge is 0.444 e. The van der Waals surface area contributed by atoms with Gasteiger partial charge in [-0.3, -0.25) is 13.8 Å². The summed E-state index contributed by atoms with van der Waals surface area (Å²) in [7, 11) is -3.70. The maximum absolute atomic E-state index is 13.5. The van der Waals surface area contributed by atoms with Gasteiger partial charge in [0.2, 0.25) is 11.8 Å². The van der Waals surface area contributed by atoms with Gasteiger partial charge >= 0.3 is 6.09 Å². The van der Waals surface area contributed by atoms with Crippen LogP contribution in [-0.4, -0.2) is 62.9 Å². The van der Waals surface area contributed by atoms with Gasteiger partial charge in [0.15, 0.2) is 0 Å². The van der Waals surface area contributed by atoms with Crippen LogP contribution in [0.4, 0.5) is 4.79 Å². The molecule has 2 aromatic rings. The van der Waals surface area contributed by atoms with Crippen LogP contribution in [0.5, 0.6) is 0 Å². The molecular weight excluding hydrogens is 546 g/mol. The highest BCUT2D eigenvalue weighted by Crippen LogP contribution is 2.10. The summed E-state index contributed by atoms with van der Waals surface area (Å²) in [6.07, 6.45) is -0.230. The third kappa shape index (κ3) is 14.1. The molecule has 0 bridgehead atoms. The van der Waals surface area contributed by atoms with Gasteiger partial charge in [-0.25, -0.2) is 4.79 Å². The Morgan fingerprint density at radius 3 is 1.80 bits per heavy atom. The van der Waals surface area contributed by atoms with Gasteiger partial charge in [-0.2, -0.15) is 8.42 Å². The van der Waals surface area contributed by atoms with Gasteiger partial charge in [0.25, 0.3) is 10.1 Å². The number of hydrogen-bond donors (Lipinski definition) is 3. The summed E-state index contributed by atoms with van der Waals surface area (Å²) >= 11 is 0. The molecule has 0 aliphatic heterocycles. The van der Waals surface area contributed by atoms with Crippen molar-refractivity contribution in [1.82, 2.24) is 16.0 Å². The highest BCUT2D eigenvalue weighted by Gasteiger charge is 2.29. The second-order valence-electron chi connectivity index (χ2n) is 11.2. The van der Waals surface area contributed by atoms with Crippen LogP contribution in [0.3, 0.4) is 0 Å². The molecule has 0 aromatic heterocycles. The molecule has 2 atom stereocenters. The molecule has 0 heterocycles. The molecule has 0 unspecified atom stereocenters. The molecule has 0 fully saturated rings. The summed E-state index contributed by atoms with van der Waals surface area (Å²) in [5, 5.41) is 8.13. The van der Waals surface area contributed by atoms with E-state index in [1.807, 2.05) is 74.5 Å². The van der Waals surface area contributed by atoms with E-state index in [9.17, 15) is 22.8 Å². The van der Waals surface area contributed by atoms with Crippen molar-refractivity contribution in [2.45, 2.75) is 71.6 Å². The number of benzene rings is 2. The molecule has 226 valence electrons. The summed E-state index contributed by atoms with van der Waals surface area (Å²) in [5.41, 5.74) is 0.868. The van der Waals surface area contributed by atoms with E-state index in [2.05, 4.69) is 16.0 Å². The van der Waals surface area contributed by atoms with Crippen molar-refractivity contribution in [3.05, 3.63) is 71.8 Å². The van der Waals surface area contributed by atoms with Crippen molar-refractivity contribution in [1.29, 1.82) is 0 Å². The van der Waals surface area contributed by atoms with Gasteiger partial charge in [-0.15, -0.1) is 0 Å². The second-order valence-corrected chi connectivity index (χ2v) is 13.0. The summed E-state index contributed by atoms with van der Waals surface area (Å²) in [6, 6.07) is 16.4. The second kappa shape index (κ2) is 16.1. The number of amides is 3. The van der Waals surface area contributed by atoms with Gasteiger partial charge in [-0.1, -0.05) is 74.5 Å². The van der Waals surface area contributed by atoms with Crippen molar-refractivity contribution in [2.75, 3.05) is 18.9 Å². The normalized spacial score (nSPS) is 13.2. The first-order valence-electron chi connectivity index (χ1n) is 13.8. The van der Waals surface area contributed by atoms with Crippen LogP contribution >= 0.6 is 0 Å². The Hall–Kier alpha value is -3.44. The van der Waals surface area contributed by atoms with Crippen molar-refractivity contribution >= 4 is 28.0 Å². The Morgan fingerprint density at radius 1 is 0.805 bits per heavy atom. The molecule has 41 heavy (non-hydrogen) atoms. The SMILES string of the molecule is CC(C)COS(=O)(=O)CCCNC(=O)[C@@H](Cc1ccccc1)NC(=O)[C@H](Cc1ccccc1)NC(=O)OC(C)(C)C. The molecule has 0 radical (unpaired) electrons. The molecule has 0 spiro atoms. The molecular formula is C30H43N3O7S. The van der Waals surface area contributed by atoms with E-state index in [1.165, 1.54) is 0 Å². The molecule has 3 amide bonds. The Bertz CT molecular complexity index is 1210. The van der Waals surface area contributed by atoms with Crippen LogP contribution in [0.25, 0.3) is 0 Å². The lowest BCUT2D eigenvalue weighted by molar-refractivity contribution is -0.130. The van der Waals surface area contributed by atoms with E-state index in [1.54, 1.807) is 20.8 Å². The van der Waals surface area contributed by atoms with Crippen LogP contribution in [0.15, 0.2) is 60.7 Å². The van der Waals surface area contributed by atoms with Crippen LogP contribution in [0.1, 0.15) is 52.2 Å². The number of nitrogens with one attached hydrogen (secondary N) is 3. The van der Waals surface area contributed by atoms with Gasteiger partial charge in [0.05, 0.1) is 12.4 Å². The van der Waals surface area contributed by atoms with E-state index < -0.39 is 45.7 Å². The first-order valence-corrected chi connectivity index (χ1v) is 15.3. The summed E-state index contributed by atoms with van der Waals surface area (Å²) in [6.45, 7) is 9.05. The van der Waals surface area contributed by atoms with Gasteiger partial charge in [0, 0.05) is 19.4 Å². The Balaban J connectivity index is 2.13. The van der Waals surface area contributed by atoms with E-state index in [-0.39, 0.29) is 44.1 Å². The van der Waals surface area contributed by atoms with Crippen LogP contribution in [-0.2, 0) is 41.5 Å². The standard InChI is InChI=1S/C30H43N3O7S/c1-22(2)21-39-41(37,38)18-12-17-31-27(34)25(19-23-13-8-6-9-14-23)32-28(35)26(20-24-15-10-7-11-16-24)33-29(36)40-30(3,4)5/h6-11,13-16,22,25-26H,12,17-21H2,1-5H3,(H,31,34)(H,32,35)(H,33,36)/t25-,26+/m1/s1. The Morgan fingerprint density at radius 2 is 1.32 bits per heavy atom.